The molecule has 0 aliphatic rings. The van der Waals surface area contributed by atoms with Crippen molar-refractivity contribution < 1.29 is 18.3 Å². The van der Waals surface area contributed by atoms with E-state index in [1.54, 1.807) is 31.1 Å². The molecule has 1 amide bonds. The fourth-order valence-electron chi connectivity index (χ4n) is 1.73. The highest BCUT2D eigenvalue weighted by atomic mass is 32.2. The number of alkyl halides is 2. The van der Waals surface area contributed by atoms with Gasteiger partial charge in [-0.2, -0.15) is 8.78 Å². The zero-order chi connectivity index (χ0) is 15.3. The molecule has 0 spiro atoms. The molecule has 0 aliphatic carbocycles. The zero-order valence-electron chi connectivity index (χ0n) is 12.0. The molecule has 0 radical (unpaired) electrons. The predicted molar refractivity (Wildman–Crippen MR) is 77.2 cm³/mol. The lowest BCUT2D eigenvalue weighted by Gasteiger charge is -2.20. The molecule has 20 heavy (non-hydrogen) atoms. The number of amides is 1. The monoisotopic (exact) mass is 303 g/mol. The molecule has 6 heteroatoms. The third-order valence-corrected chi connectivity index (χ3v) is 4.06. The third kappa shape index (κ3) is 5.00. The number of rotatable bonds is 6. The van der Waals surface area contributed by atoms with Crippen LogP contribution in [-0.4, -0.2) is 36.8 Å². The van der Waals surface area contributed by atoms with Gasteiger partial charge in [-0.3, -0.25) is 4.79 Å². The van der Waals surface area contributed by atoms with Gasteiger partial charge in [0, 0.05) is 19.3 Å². The van der Waals surface area contributed by atoms with E-state index < -0.39 is 6.61 Å². The van der Waals surface area contributed by atoms with E-state index in [1.165, 1.54) is 23.9 Å². The summed E-state index contributed by atoms with van der Waals surface area (Å²) in [6, 6.07) is 6.50. The molecule has 0 bridgehead atoms. The van der Waals surface area contributed by atoms with Crippen LogP contribution in [0.2, 0.25) is 0 Å². The van der Waals surface area contributed by atoms with Gasteiger partial charge in [0.25, 0.3) is 0 Å². The van der Waals surface area contributed by atoms with E-state index in [0.29, 0.717) is 0 Å². The maximum atomic E-state index is 12.0. The SMILES string of the molecule is C[C@@H](S[C@H](C)c1ccc(OC(F)F)cc1)C(=O)N(C)C. The Kier molecular flexibility index (Phi) is 6.26. The topological polar surface area (TPSA) is 29.5 Å². The van der Waals surface area contributed by atoms with Gasteiger partial charge in [0.2, 0.25) is 5.91 Å². The average Bonchev–Trinajstić information content (AvgIpc) is 2.37. The van der Waals surface area contributed by atoms with Crippen molar-refractivity contribution >= 4 is 17.7 Å². The van der Waals surface area contributed by atoms with Gasteiger partial charge in [0.15, 0.2) is 0 Å². The van der Waals surface area contributed by atoms with Crippen LogP contribution in [0.1, 0.15) is 24.7 Å². The van der Waals surface area contributed by atoms with Crippen LogP contribution in [0, 0.1) is 0 Å². The molecule has 0 saturated carbocycles. The molecule has 1 rings (SSSR count). The Morgan fingerprint density at radius 3 is 2.20 bits per heavy atom. The number of ether oxygens (including phenoxy) is 1. The van der Waals surface area contributed by atoms with Gasteiger partial charge in [-0.05, 0) is 31.5 Å². The Morgan fingerprint density at radius 2 is 1.75 bits per heavy atom. The van der Waals surface area contributed by atoms with Gasteiger partial charge in [-0.1, -0.05) is 12.1 Å². The Balaban J connectivity index is 2.63. The summed E-state index contributed by atoms with van der Waals surface area (Å²) in [7, 11) is 3.45. The van der Waals surface area contributed by atoms with Crippen LogP contribution >= 0.6 is 11.8 Å². The van der Waals surface area contributed by atoms with Crippen molar-refractivity contribution in [2.24, 2.45) is 0 Å². The average molecular weight is 303 g/mol. The molecule has 0 N–H and O–H groups in total. The summed E-state index contributed by atoms with van der Waals surface area (Å²) in [5.41, 5.74) is 0.968. The third-order valence-electron chi connectivity index (χ3n) is 2.77. The van der Waals surface area contributed by atoms with Crippen LogP contribution in [0.15, 0.2) is 24.3 Å². The van der Waals surface area contributed by atoms with E-state index in [9.17, 15) is 13.6 Å². The Morgan fingerprint density at radius 1 is 1.20 bits per heavy atom. The van der Waals surface area contributed by atoms with Crippen molar-refractivity contribution in [3.05, 3.63) is 29.8 Å². The van der Waals surface area contributed by atoms with Crippen LogP contribution in [0.4, 0.5) is 8.78 Å². The van der Waals surface area contributed by atoms with E-state index in [0.717, 1.165) is 5.56 Å². The minimum absolute atomic E-state index is 0.0551. The van der Waals surface area contributed by atoms with Crippen LogP contribution in [0.25, 0.3) is 0 Å². The predicted octanol–water partition coefficient (Wildman–Crippen LogP) is 3.56. The maximum absolute atomic E-state index is 12.0. The number of hydrogen-bond donors (Lipinski definition) is 0. The van der Waals surface area contributed by atoms with E-state index in [4.69, 9.17) is 0 Å². The molecule has 1 aromatic carbocycles. The van der Waals surface area contributed by atoms with Crippen molar-refractivity contribution in [1.29, 1.82) is 0 Å². The number of hydrogen-bond acceptors (Lipinski definition) is 3. The van der Waals surface area contributed by atoms with E-state index >= 15 is 0 Å². The molecular weight excluding hydrogens is 284 g/mol. The van der Waals surface area contributed by atoms with Crippen molar-refractivity contribution in [2.75, 3.05) is 14.1 Å². The lowest BCUT2D eigenvalue weighted by molar-refractivity contribution is -0.127. The molecule has 0 unspecified atom stereocenters. The highest BCUT2D eigenvalue weighted by molar-refractivity contribution is 8.00. The number of benzene rings is 1. The Hall–Kier alpha value is -1.30. The molecule has 0 fully saturated rings. The second-order valence-corrected chi connectivity index (χ2v) is 6.29. The van der Waals surface area contributed by atoms with Gasteiger partial charge in [0.05, 0.1) is 5.25 Å². The van der Waals surface area contributed by atoms with Crippen LogP contribution in [0.5, 0.6) is 5.75 Å². The zero-order valence-corrected chi connectivity index (χ0v) is 12.8. The quantitative estimate of drug-likeness (QED) is 0.805. The van der Waals surface area contributed by atoms with Crippen LogP contribution < -0.4 is 4.74 Å². The van der Waals surface area contributed by atoms with Gasteiger partial charge >= 0.3 is 6.61 Å². The van der Waals surface area contributed by atoms with Crippen molar-refractivity contribution in [2.45, 2.75) is 31.0 Å². The summed E-state index contributed by atoms with van der Waals surface area (Å²) < 4.78 is 28.4. The van der Waals surface area contributed by atoms with Crippen molar-refractivity contribution in [1.82, 2.24) is 4.90 Å². The minimum atomic E-state index is -2.81. The molecule has 0 aromatic heterocycles. The Labute approximate surface area is 122 Å². The largest absolute Gasteiger partial charge is 0.435 e. The van der Waals surface area contributed by atoms with Gasteiger partial charge in [0.1, 0.15) is 5.75 Å². The van der Waals surface area contributed by atoms with Gasteiger partial charge < -0.3 is 9.64 Å². The standard InChI is InChI=1S/C14H19F2NO2S/c1-9(20-10(2)13(18)17(3)4)11-5-7-12(8-6-11)19-14(15)16/h5-10,14H,1-4H3/t9-,10-/m1/s1. The van der Waals surface area contributed by atoms with Crippen molar-refractivity contribution in [3.8, 4) is 5.75 Å². The number of carbonyl (C=O) groups is 1. The first-order chi connectivity index (χ1) is 9.31. The molecule has 0 aliphatic heterocycles. The number of thioether (sulfide) groups is 1. The minimum Gasteiger partial charge on any atom is -0.435 e. The molecule has 0 heterocycles. The van der Waals surface area contributed by atoms with Crippen LogP contribution in [0.3, 0.4) is 0 Å². The lowest BCUT2D eigenvalue weighted by Crippen LogP contribution is -2.30. The van der Waals surface area contributed by atoms with E-state index in [-0.39, 0.29) is 22.2 Å². The Bertz CT molecular complexity index is 437. The molecule has 1 aromatic rings. The van der Waals surface area contributed by atoms with Gasteiger partial charge in [-0.15, -0.1) is 11.8 Å². The molecule has 3 nitrogen and oxygen atoms in total. The number of carbonyl (C=O) groups excluding carboxylic acids is 1. The fourth-order valence-corrected chi connectivity index (χ4v) is 2.98. The first-order valence-corrected chi connectivity index (χ1v) is 7.17. The summed E-state index contributed by atoms with van der Waals surface area (Å²) in [6.07, 6.45) is 0. The first-order valence-electron chi connectivity index (χ1n) is 6.22. The summed E-state index contributed by atoms with van der Waals surface area (Å²) in [5.74, 6) is 0.192. The maximum Gasteiger partial charge on any atom is 0.387 e. The summed E-state index contributed by atoms with van der Waals surface area (Å²) >= 11 is 1.53. The molecule has 2 atom stereocenters. The normalized spacial score (nSPS) is 13.9. The summed E-state index contributed by atoms with van der Waals surface area (Å²) in [6.45, 7) is 1.02. The van der Waals surface area contributed by atoms with E-state index in [1.807, 2.05) is 13.8 Å². The number of halogens is 2. The summed E-state index contributed by atoms with van der Waals surface area (Å²) in [4.78, 5) is 13.3. The second-order valence-electron chi connectivity index (χ2n) is 4.60. The highest BCUT2D eigenvalue weighted by Crippen LogP contribution is 2.33. The smallest absolute Gasteiger partial charge is 0.387 e. The fraction of sp³-hybridized carbons (Fsp3) is 0.500. The van der Waals surface area contributed by atoms with Crippen molar-refractivity contribution in [3.63, 3.8) is 0 Å². The molecule has 112 valence electrons. The lowest BCUT2D eigenvalue weighted by atomic mass is 10.1. The van der Waals surface area contributed by atoms with Crippen LogP contribution in [-0.2, 0) is 4.79 Å². The van der Waals surface area contributed by atoms with Gasteiger partial charge in [-0.25, -0.2) is 0 Å². The highest BCUT2D eigenvalue weighted by Gasteiger charge is 2.19. The van der Waals surface area contributed by atoms with E-state index in [2.05, 4.69) is 4.74 Å². The molecular formula is C14H19F2NO2S. The number of nitrogens with zero attached hydrogens (tertiary/aromatic N) is 1. The second kappa shape index (κ2) is 7.47. The summed E-state index contributed by atoms with van der Waals surface area (Å²) in [5, 5.41) is -0.0634. The molecule has 0 saturated heterocycles. The first kappa shape index (κ1) is 16.8.